The van der Waals surface area contributed by atoms with Gasteiger partial charge in [0.05, 0.1) is 22.2 Å². The SMILES string of the molecule is c1ccc(-c2ccc(-c3cc4c(-c5ccccc5)nc(-n5c6ccccc6c6cc7ccccc7cc65)nc4cc3-c3ccc4ccccc4c3)cc2)cc1. The third kappa shape index (κ3) is 5.28. The van der Waals surface area contributed by atoms with Gasteiger partial charge in [0.25, 0.3) is 0 Å². The molecule has 0 aliphatic heterocycles. The van der Waals surface area contributed by atoms with Gasteiger partial charge in [0.15, 0.2) is 0 Å². The van der Waals surface area contributed by atoms with Crippen LogP contribution in [0, 0.1) is 0 Å². The van der Waals surface area contributed by atoms with E-state index in [4.69, 9.17) is 9.97 Å². The van der Waals surface area contributed by atoms with E-state index >= 15 is 0 Å². The van der Waals surface area contributed by atoms with Gasteiger partial charge in [-0.1, -0.05) is 164 Å². The van der Waals surface area contributed by atoms with Crippen molar-refractivity contribution in [1.29, 1.82) is 0 Å². The van der Waals surface area contributed by atoms with Crippen LogP contribution in [0.15, 0.2) is 200 Å². The standard InChI is InChI=1S/C52H33N3/c1-3-13-34(14-4-1)36-23-26-37(27-24-36)44-32-47-48(33-45(44)42-28-25-35-15-7-8-18-39(35)29-42)53-52(54-51(47)38-16-5-2-6-17-38)55-49-22-12-11-21-43(49)46-30-40-19-9-10-20-41(40)31-50(46)55/h1-33H. The molecule has 0 radical (unpaired) electrons. The molecule has 0 spiro atoms. The Kier molecular flexibility index (Phi) is 7.17. The van der Waals surface area contributed by atoms with Crippen LogP contribution in [-0.4, -0.2) is 14.5 Å². The zero-order chi connectivity index (χ0) is 36.3. The van der Waals surface area contributed by atoms with Crippen LogP contribution in [0.5, 0.6) is 0 Å². The minimum absolute atomic E-state index is 0.650. The van der Waals surface area contributed by atoms with Crippen molar-refractivity contribution in [2.24, 2.45) is 0 Å². The van der Waals surface area contributed by atoms with E-state index in [0.29, 0.717) is 5.95 Å². The number of hydrogen-bond acceptors (Lipinski definition) is 2. The molecule has 0 saturated carbocycles. The van der Waals surface area contributed by atoms with Crippen LogP contribution in [0.25, 0.3) is 105 Å². The summed E-state index contributed by atoms with van der Waals surface area (Å²) >= 11 is 0. The van der Waals surface area contributed by atoms with E-state index in [2.05, 4.69) is 205 Å². The van der Waals surface area contributed by atoms with Crippen LogP contribution < -0.4 is 0 Å². The van der Waals surface area contributed by atoms with E-state index in [-0.39, 0.29) is 0 Å². The second kappa shape index (κ2) is 12.6. The Bertz CT molecular complexity index is 3230. The van der Waals surface area contributed by atoms with Gasteiger partial charge in [-0.25, -0.2) is 9.97 Å². The fourth-order valence-corrected chi connectivity index (χ4v) is 8.26. The summed E-state index contributed by atoms with van der Waals surface area (Å²) in [6, 6.07) is 71.7. The lowest BCUT2D eigenvalue weighted by Crippen LogP contribution is -2.04. The summed E-state index contributed by atoms with van der Waals surface area (Å²) in [7, 11) is 0. The van der Waals surface area contributed by atoms with Gasteiger partial charge in [0.2, 0.25) is 5.95 Å². The summed E-state index contributed by atoms with van der Waals surface area (Å²) in [6.07, 6.45) is 0. The first kappa shape index (κ1) is 31.2. The van der Waals surface area contributed by atoms with Crippen LogP contribution >= 0.6 is 0 Å². The number of nitrogens with zero attached hydrogens (tertiary/aromatic N) is 3. The van der Waals surface area contributed by atoms with Crippen LogP contribution in [0.3, 0.4) is 0 Å². The van der Waals surface area contributed by atoms with Crippen molar-refractivity contribution in [1.82, 2.24) is 14.5 Å². The van der Waals surface area contributed by atoms with Gasteiger partial charge in [0, 0.05) is 21.7 Å². The monoisotopic (exact) mass is 699 g/mol. The van der Waals surface area contributed by atoms with E-state index in [1.54, 1.807) is 0 Å². The Hall–Kier alpha value is -7.36. The number of benzene rings is 9. The molecule has 0 aliphatic carbocycles. The van der Waals surface area contributed by atoms with Crippen molar-refractivity contribution in [3.8, 4) is 50.6 Å². The van der Waals surface area contributed by atoms with Crippen molar-refractivity contribution in [3.05, 3.63) is 200 Å². The van der Waals surface area contributed by atoms with Crippen molar-refractivity contribution in [2.45, 2.75) is 0 Å². The Morgan fingerprint density at radius 3 is 1.64 bits per heavy atom. The molecular weight excluding hydrogens is 667 g/mol. The number of aromatic nitrogens is 3. The normalized spacial score (nSPS) is 11.6. The van der Waals surface area contributed by atoms with Crippen molar-refractivity contribution in [3.63, 3.8) is 0 Å². The molecule has 0 amide bonds. The minimum atomic E-state index is 0.650. The molecule has 256 valence electrons. The molecule has 2 aromatic heterocycles. The van der Waals surface area contributed by atoms with Crippen LogP contribution in [-0.2, 0) is 0 Å². The molecule has 0 N–H and O–H groups in total. The van der Waals surface area contributed by atoms with Gasteiger partial charge in [-0.15, -0.1) is 0 Å². The first-order valence-electron chi connectivity index (χ1n) is 18.7. The maximum atomic E-state index is 5.48. The predicted molar refractivity (Wildman–Crippen MR) is 231 cm³/mol. The van der Waals surface area contributed by atoms with Crippen molar-refractivity contribution in [2.75, 3.05) is 0 Å². The first-order chi connectivity index (χ1) is 27.2. The second-order valence-electron chi connectivity index (χ2n) is 14.2. The molecule has 0 saturated heterocycles. The highest BCUT2D eigenvalue weighted by Gasteiger charge is 2.20. The largest absolute Gasteiger partial charge is 0.278 e. The Morgan fingerprint density at radius 1 is 0.309 bits per heavy atom. The zero-order valence-corrected chi connectivity index (χ0v) is 29.9. The molecule has 11 rings (SSSR count). The number of fused-ring (bicyclic) bond motifs is 6. The summed E-state index contributed by atoms with van der Waals surface area (Å²) in [5.41, 5.74) is 12.0. The van der Waals surface area contributed by atoms with E-state index < -0.39 is 0 Å². The number of para-hydroxylation sites is 1. The maximum Gasteiger partial charge on any atom is 0.235 e. The average Bonchev–Trinajstić information content (AvgIpc) is 3.58. The molecule has 2 heterocycles. The predicted octanol–water partition coefficient (Wildman–Crippen LogP) is 13.7. The van der Waals surface area contributed by atoms with Gasteiger partial charge in [0.1, 0.15) is 0 Å². The summed E-state index contributed by atoms with van der Waals surface area (Å²) in [4.78, 5) is 11.0. The molecule has 0 bridgehead atoms. The molecule has 0 aliphatic rings. The van der Waals surface area contributed by atoms with Crippen LogP contribution in [0.2, 0.25) is 0 Å². The molecule has 3 heteroatoms. The van der Waals surface area contributed by atoms with E-state index in [0.717, 1.165) is 55.4 Å². The topological polar surface area (TPSA) is 30.7 Å². The molecule has 0 unspecified atom stereocenters. The van der Waals surface area contributed by atoms with Gasteiger partial charge in [-0.2, -0.15) is 0 Å². The summed E-state index contributed by atoms with van der Waals surface area (Å²) < 4.78 is 2.24. The van der Waals surface area contributed by atoms with E-state index in [1.165, 1.54) is 43.4 Å². The first-order valence-corrected chi connectivity index (χ1v) is 18.7. The van der Waals surface area contributed by atoms with Crippen LogP contribution in [0.4, 0.5) is 0 Å². The molecule has 55 heavy (non-hydrogen) atoms. The fraction of sp³-hybridized carbons (Fsp3) is 0. The lowest BCUT2D eigenvalue weighted by molar-refractivity contribution is 1.01. The molecule has 0 fully saturated rings. The molecule has 9 aromatic carbocycles. The summed E-state index contributed by atoms with van der Waals surface area (Å²) in [6.45, 7) is 0. The lowest BCUT2D eigenvalue weighted by Gasteiger charge is -2.17. The van der Waals surface area contributed by atoms with Crippen molar-refractivity contribution >= 4 is 54.3 Å². The Labute approximate surface area is 318 Å². The third-order valence-electron chi connectivity index (χ3n) is 11.0. The molecule has 11 aromatic rings. The summed E-state index contributed by atoms with van der Waals surface area (Å²) in [5, 5.41) is 8.20. The molecular formula is C52H33N3. The van der Waals surface area contributed by atoms with Crippen molar-refractivity contribution < 1.29 is 0 Å². The Morgan fingerprint density at radius 2 is 0.873 bits per heavy atom. The van der Waals surface area contributed by atoms with Gasteiger partial charge in [-0.05, 0) is 91.3 Å². The highest BCUT2D eigenvalue weighted by Crippen LogP contribution is 2.41. The third-order valence-corrected chi connectivity index (χ3v) is 11.0. The second-order valence-corrected chi connectivity index (χ2v) is 14.2. The van der Waals surface area contributed by atoms with E-state index in [9.17, 15) is 0 Å². The highest BCUT2D eigenvalue weighted by molar-refractivity contribution is 6.13. The zero-order valence-electron chi connectivity index (χ0n) is 29.9. The average molecular weight is 700 g/mol. The lowest BCUT2D eigenvalue weighted by atomic mass is 9.90. The molecule has 3 nitrogen and oxygen atoms in total. The van der Waals surface area contributed by atoms with E-state index in [1.807, 2.05) is 0 Å². The van der Waals surface area contributed by atoms with Gasteiger partial charge >= 0.3 is 0 Å². The number of hydrogen-bond donors (Lipinski definition) is 0. The maximum absolute atomic E-state index is 5.48. The molecule has 0 atom stereocenters. The van der Waals surface area contributed by atoms with Gasteiger partial charge in [-0.3, -0.25) is 4.57 Å². The minimum Gasteiger partial charge on any atom is -0.278 e. The highest BCUT2D eigenvalue weighted by atomic mass is 15.2. The summed E-state index contributed by atoms with van der Waals surface area (Å²) in [5.74, 6) is 0.650. The fourth-order valence-electron chi connectivity index (χ4n) is 8.26. The smallest absolute Gasteiger partial charge is 0.235 e. The quantitative estimate of drug-likeness (QED) is 0.179. The van der Waals surface area contributed by atoms with Crippen LogP contribution in [0.1, 0.15) is 0 Å². The number of rotatable bonds is 5. The van der Waals surface area contributed by atoms with Gasteiger partial charge < -0.3 is 0 Å². The Balaban J connectivity index is 1.21.